The second-order valence-corrected chi connectivity index (χ2v) is 12.3. The summed E-state index contributed by atoms with van der Waals surface area (Å²) in [6.45, 7) is 12.6. The summed E-state index contributed by atoms with van der Waals surface area (Å²) in [7, 11) is 2.84. The molecule has 0 spiro atoms. The standard InChI is InChI=1S/C37H42N4O4/c1-8-24-19(2)27-15-28-20(3)25(11-13-35(42)44-6)32(39-28)18-33-26(12-14-36(43)45-7)21(4)29(40-33)17-34-37(23-9-10-23)22(5)30(41-34)16-31(24)38-27/h8,15-18,23,38-41H,1,9-14H2,2-7H3. The third kappa shape index (κ3) is 5.65. The number of esters is 2. The fraction of sp³-hybridized carbons (Fsp3) is 0.351. The number of methoxy groups -OCH3 is 2. The summed E-state index contributed by atoms with van der Waals surface area (Å²) >= 11 is 0. The van der Waals surface area contributed by atoms with Crippen LogP contribution in [-0.4, -0.2) is 46.1 Å². The summed E-state index contributed by atoms with van der Waals surface area (Å²) in [5, 5.41) is 3.93. The minimum atomic E-state index is -0.250. The molecule has 1 aliphatic carbocycles. The Bertz CT molecular complexity index is 2090. The molecule has 4 aromatic rings. The fourth-order valence-electron chi connectivity index (χ4n) is 6.76. The molecule has 8 bridgehead atoms. The smallest absolute Gasteiger partial charge is 0.305 e. The molecule has 4 N–H and O–H groups in total. The van der Waals surface area contributed by atoms with Gasteiger partial charge >= 0.3 is 11.9 Å². The van der Waals surface area contributed by atoms with Crippen molar-refractivity contribution in [2.45, 2.75) is 72.1 Å². The molecule has 1 aliphatic heterocycles. The van der Waals surface area contributed by atoms with E-state index in [1.54, 1.807) is 0 Å². The minimum absolute atomic E-state index is 0.243. The van der Waals surface area contributed by atoms with Crippen LogP contribution in [0.1, 0.15) is 98.9 Å². The van der Waals surface area contributed by atoms with Gasteiger partial charge in [0.05, 0.1) is 14.2 Å². The van der Waals surface area contributed by atoms with E-state index in [0.717, 1.165) is 77.6 Å². The lowest BCUT2D eigenvalue weighted by Crippen LogP contribution is -2.14. The highest BCUT2D eigenvalue weighted by Crippen LogP contribution is 2.44. The van der Waals surface area contributed by atoms with E-state index in [2.05, 4.69) is 78.5 Å². The average molecular weight is 607 g/mol. The van der Waals surface area contributed by atoms with E-state index in [-0.39, 0.29) is 24.8 Å². The Kier molecular flexibility index (Phi) is 8.08. The fourth-order valence-corrected chi connectivity index (χ4v) is 6.76. The van der Waals surface area contributed by atoms with E-state index in [1.165, 1.54) is 38.2 Å². The Morgan fingerprint density at radius 3 is 1.87 bits per heavy atom. The van der Waals surface area contributed by atoms with Crippen molar-refractivity contribution in [1.82, 2.24) is 19.9 Å². The number of hydrogen-bond donors (Lipinski definition) is 4. The maximum Gasteiger partial charge on any atom is 0.305 e. The van der Waals surface area contributed by atoms with Crippen molar-refractivity contribution < 1.29 is 19.1 Å². The molecule has 0 radical (unpaired) electrons. The normalized spacial score (nSPS) is 13.7. The number of hydrogen-bond acceptors (Lipinski definition) is 4. The second-order valence-electron chi connectivity index (χ2n) is 12.3. The molecule has 0 saturated heterocycles. The molecule has 5 heterocycles. The first-order valence-electron chi connectivity index (χ1n) is 15.7. The van der Waals surface area contributed by atoms with E-state index >= 15 is 0 Å². The maximum atomic E-state index is 12.2. The molecule has 8 heteroatoms. The summed E-state index contributed by atoms with van der Waals surface area (Å²) in [4.78, 5) is 39.2. The lowest BCUT2D eigenvalue weighted by Gasteiger charge is -2.03. The van der Waals surface area contributed by atoms with Crippen molar-refractivity contribution in [3.8, 4) is 0 Å². The number of fused-ring (bicyclic) bond motifs is 8. The van der Waals surface area contributed by atoms with Crippen LogP contribution in [0, 0.1) is 27.7 Å². The number of rotatable bonds is 8. The predicted molar refractivity (Wildman–Crippen MR) is 178 cm³/mol. The van der Waals surface area contributed by atoms with E-state index in [4.69, 9.17) is 9.47 Å². The summed E-state index contributed by atoms with van der Waals surface area (Å²) < 4.78 is 9.96. The zero-order valence-electron chi connectivity index (χ0n) is 27.0. The highest BCUT2D eigenvalue weighted by atomic mass is 16.5. The quantitative estimate of drug-likeness (QED) is 0.202. The van der Waals surface area contributed by atoms with E-state index in [1.807, 2.05) is 6.08 Å². The topological polar surface area (TPSA) is 116 Å². The zero-order valence-corrected chi connectivity index (χ0v) is 27.0. The summed E-state index contributed by atoms with van der Waals surface area (Å²) in [6.07, 6.45) is 14.6. The highest BCUT2D eigenvalue weighted by molar-refractivity contribution is 5.72. The minimum Gasteiger partial charge on any atom is -0.469 e. The number of carbonyl (C=O) groups excluding carboxylic acids is 2. The first-order chi connectivity index (χ1) is 21.6. The molecule has 0 atom stereocenters. The number of aromatic nitrogens is 4. The molecule has 8 nitrogen and oxygen atoms in total. The van der Waals surface area contributed by atoms with Crippen LogP contribution in [0.2, 0.25) is 0 Å². The molecule has 0 amide bonds. The Labute approximate surface area is 262 Å². The van der Waals surface area contributed by atoms with Crippen LogP contribution in [0.3, 0.4) is 0 Å². The van der Waals surface area contributed by atoms with Gasteiger partial charge in [-0.05, 0) is 123 Å². The van der Waals surface area contributed by atoms with Gasteiger partial charge in [0.25, 0.3) is 0 Å². The van der Waals surface area contributed by atoms with Gasteiger partial charge in [-0.1, -0.05) is 12.7 Å². The van der Waals surface area contributed by atoms with Gasteiger partial charge in [-0.25, -0.2) is 0 Å². The van der Waals surface area contributed by atoms with Crippen molar-refractivity contribution >= 4 is 42.3 Å². The number of H-pyrrole nitrogens is 4. The second kappa shape index (κ2) is 12.0. The van der Waals surface area contributed by atoms with Crippen LogP contribution in [0.15, 0.2) is 6.58 Å². The van der Waals surface area contributed by atoms with Gasteiger partial charge in [0, 0.05) is 62.6 Å². The summed E-state index contributed by atoms with van der Waals surface area (Å²) in [5.74, 6) is 0.0505. The van der Waals surface area contributed by atoms with Crippen molar-refractivity contribution in [3.63, 3.8) is 0 Å². The van der Waals surface area contributed by atoms with Crippen LogP contribution in [0.5, 0.6) is 0 Å². The average Bonchev–Trinajstić information content (AvgIpc) is 3.58. The van der Waals surface area contributed by atoms with Crippen LogP contribution in [0.4, 0.5) is 0 Å². The molecule has 4 aromatic heterocycles. The van der Waals surface area contributed by atoms with Crippen molar-refractivity contribution in [2.24, 2.45) is 0 Å². The van der Waals surface area contributed by atoms with Crippen molar-refractivity contribution in [3.05, 3.63) is 95.3 Å². The van der Waals surface area contributed by atoms with Gasteiger partial charge in [-0.2, -0.15) is 0 Å². The largest absolute Gasteiger partial charge is 0.469 e. The third-order valence-electron chi connectivity index (χ3n) is 9.60. The summed E-state index contributed by atoms with van der Waals surface area (Å²) in [5.41, 5.74) is 13.2. The third-order valence-corrected chi connectivity index (χ3v) is 9.60. The molecule has 1 saturated carbocycles. The number of carbonyl (C=O) groups is 2. The molecule has 0 unspecified atom stereocenters. The van der Waals surface area contributed by atoms with Crippen LogP contribution in [-0.2, 0) is 31.9 Å². The monoisotopic (exact) mass is 606 g/mol. The molecular weight excluding hydrogens is 564 g/mol. The van der Waals surface area contributed by atoms with Gasteiger partial charge in [-0.15, -0.1) is 0 Å². The Morgan fingerprint density at radius 1 is 0.689 bits per heavy atom. The van der Waals surface area contributed by atoms with Gasteiger partial charge < -0.3 is 29.4 Å². The molecule has 234 valence electrons. The van der Waals surface area contributed by atoms with Gasteiger partial charge in [0.15, 0.2) is 0 Å². The first-order valence-corrected chi connectivity index (χ1v) is 15.7. The van der Waals surface area contributed by atoms with E-state index in [9.17, 15) is 9.59 Å². The predicted octanol–water partition coefficient (Wildman–Crippen LogP) is 3.59. The number of nitrogens with one attached hydrogen (secondary N) is 4. The SMILES string of the molecule is C=Cc1c(C)c2[nH]c1=Cc1[nH]c(c(C3CC3)c1C)C=c1[nH]c(c(CCC(=O)OC)c1C)=Cc1[nH]c(c(C)c1CCC(=O)OC)C=2. The molecule has 2 aliphatic rings. The Hall–Kier alpha value is -4.72. The van der Waals surface area contributed by atoms with Gasteiger partial charge in [0.1, 0.15) is 0 Å². The summed E-state index contributed by atoms with van der Waals surface area (Å²) in [6, 6.07) is 0. The number of ether oxygens (including phenoxy) is 2. The molecule has 6 rings (SSSR count). The molecular formula is C37H42N4O4. The first kappa shape index (κ1) is 30.3. The maximum absolute atomic E-state index is 12.2. The number of aromatic amines is 4. The lowest BCUT2D eigenvalue weighted by atomic mass is 10.0. The van der Waals surface area contributed by atoms with E-state index < -0.39 is 0 Å². The van der Waals surface area contributed by atoms with Crippen LogP contribution >= 0.6 is 0 Å². The Morgan fingerprint density at radius 2 is 1.22 bits per heavy atom. The Balaban J connectivity index is 1.68. The van der Waals surface area contributed by atoms with Gasteiger partial charge in [-0.3, -0.25) is 9.59 Å². The molecule has 45 heavy (non-hydrogen) atoms. The lowest BCUT2D eigenvalue weighted by molar-refractivity contribution is -0.141. The van der Waals surface area contributed by atoms with Crippen molar-refractivity contribution in [2.75, 3.05) is 14.2 Å². The highest BCUT2D eigenvalue weighted by Gasteiger charge is 2.29. The van der Waals surface area contributed by atoms with Crippen LogP contribution in [0.25, 0.3) is 30.4 Å². The molecule has 1 fully saturated rings. The zero-order chi connectivity index (χ0) is 32.0. The van der Waals surface area contributed by atoms with E-state index in [0.29, 0.717) is 18.8 Å². The molecule has 0 aromatic carbocycles. The van der Waals surface area contributed by atoms with Gasteiger partial charge in [0.2, 0.25) is 0 Å². The van der Waals surface area contributed by atoms with Crippen LogP contribution < -0.4 is 21.4 Å². The van der Waals surface area contributed by atoms with Crippen molar-refractivity contribution in [1.29, 1.82) is 0 Å².